The van der Waals surface area contributed by atoms with Crippen LogP contribution in [0.25, 0.3) is 22.6 Å². The number of oxazole rings is 1. The number of para-hydroxylation sites is 2. The highest BCUT2D eigenvalue weighted by Crippen LogP contribution is 2.33. The fourth-order valence-corrected chi connectivity index (χ4v) is 3.39. The summed E-state index contributed by atoms with van der Waals surface area (Å²) in [5.74, 6) is 0.0124. The van der Waals surface area contributed by atoms with Gasteiger partial charge >= 0.3 is 0 Å². The summed E-state index contributed by atoms with van der Waals surface area (Å²) >= 11 is 5.24. The zero-order valence-corrected chi connectivity index (χ0v) is 17.2. The van der Waals surface area contributed by atoms with Crippen LogP contribution < -0.4 is 10.6 Å². The van der Waals surface area contributed by atoms with E-state index in [2.05, 4.69) is 15.6 Å². The summed E-state index contributed by atoms with van der Waals surface area (Å²) in [5.41, 5.74) is 4.85. The number of thiocarbonyl (C=S) groups is 1. The molecular weight excluding hydrogens is 398 g/mol. The lowest BCUT2D eigenvalue weighted by molar-refractivity contribution is 0.0977. The van der Waals surface area contributed by atoms with Gasteiger partial charge in [0.15, 0.2) is 10.7 Å². The van der Waals surface area contributed by atoms with Gasteiger partial charge < -0.3 is 14.8 Å². The standard InChI is InChI=1S/C23H19N3O3S/c1-13-7-9-16(14(2)11-13)21(28)26-23(30)24-15-8-10-17(19(27)12-15)22-25-18-5-3-4-6-20(18)29-22/h3-12,27H,1-2H3,(H2,24,26,28,30). The number of carbonyl (C=O) groups excluding carboxylic acids is 1. The molecular formula is C23H19N3O3S. The van der Waals surface area contributed by atoms with Gasteiger partial charge in [0.1, 0.15) is 11.3 Å². The Morgan fingerprint density at radius 2 is 1.87 bits per heavy atom. The summed E-state index contributed by atoms with van der Waals surface area (Å²) in [6.07, 6.45) is 0. The van der Waals surface area contributed by atoms with E-state index in [1.165, 1.54) is 6.07 Å². The molecule has 0 aliphatic carbocycles. The second kappa shape index (κ2) is 7.96. The number of aromatic hydroxyl groups is 1. The summed E-state index contributed by atoms with van der Waals surface area (Å²) in [7, 11) is 0. The molecule has 30 heavy (non-hydrogen) atoms. The largest absolute Gasteiger partial charge is 0.507 e. The first-order valence-electron chi connectivity index (χ1n) is 9.29. The average molecular weight is 417 g/mol. The molecule has 1 amide bonds. The molecule has 6 nitrogen and oxygen atoms in total. The monoisotopic (exact) mass is 417 g/mol. The molecule has 1 heterocycles. The van der Waals surface area contributed by atoms with E-state index in [4.69, 9.17) is 16.6 Å². The number of hydrogen-bond donors (Lipinski definition) is 3. The molecule has 0 unspecified atom stereocenters. The number of nitrogens with zero attached hydrogens (tertiary/aromatic N) is 1. The Morgan fingerprint density at radius 3 is 2.60 bits per heavy atom. The van der Waals surface area contributed by atoms with Crippen molar-refractivity contribution in [2.75, 3.05) is 5.32 Å². The van der Waals surface area contributed by atoms with Crippen molar-refractivity contribution < 1.29 is 14.3 Å². The lowest BCUT2D eigenvalue weighted by Gasteiger charge is -2.12. The Hall–Kier alpha value is -3.71. The molecule has 0 fully saturated rings. The number of aryl methyl sites for hydroxylation is 2. The molecule has 150 valence electrons. The second-order valence-corrected chi connectivity index (χ2v) is 7.35. The fourth-order valence-electron chi connectivity index (χ4n) is 3.18. The number of hydrogen-bond acceptors (Lipinski definition) is 5. The predicted octanol–water partition coefficient (Wildman–Crippen LogP) is 4.94. The second-order valence-electron chi connectivity index (χ2n) is 6.95. The molecule has 4 rings (SSSR count). The first-order chi connectivity index (χ1) is 14.4. The minimum Gasteiger partial charge on any atom is -0.507 e. The number of benzene rings is 3. The minimum atomic E-state index is -0.294. The van der Waals surface area contributed by atoms with Crippen molar-refractivity contribution in [1.82, 2.24) is 10.3 Å². The average Bonchev–Trinajstić information content (AvgIpc) is 3.11. The van der Waals surface area contributed by atoms with Crippen LogP contribution in [-0.2, 0) is 0 Å². The third kappa shape index (κ3) is 4.01. The van der Waals surface area contributed by atoms with Crippen molar-refractivity contribution in [3.63, 3.8) is 0 Å². The maximum absolute atomic E-state index is 12.5. The maximum atomic E-state index is 12.5. The zero-order chi connectivity index (χ0) is 21.3. The molecule has 7 heteroatoms. The summed E-state index contributed by atoms with van der Waals surface area (Å²) < 4.78 is 5.70. The number of nitrogens with one attached hydrogen (secondary N) is 2. The minimum absolute atomic E-state index is 0.0185. The van der Waals surface area contributed by atoms with Crippen molar-refractivity contribution in [3.05, 3.63) is 77.4 Å². The Kier molecular flexibility index (Phi) is 5.20. The van der Waals surface area contributed by atoms with Crippen molar-refractivity contribution in [1.29, 1.82) is 0 Å². The first kappa shape index (κ1) is 19.6. The fraction of sp³-hybridized carbons (Fsp3) is 0.0870. The summed E-state index contributed by atoms with van der Waals surface area (Å²) in [5, 5.41) is 16.1. The van der Waals surface area contributed by atoms with E-state index in [1.54, 1.807) is 18.2 Å². The van der Waals surface area contributed by atoms with Gasteiger partial charge in [0.25, 0.3) is 5.91 Å². The molecule has 1 aromatic heterocycles. The van der Waals surface area contributed by atoms with Gasteiger partial charge in [-0.25, -0.2) is 4.98 Å². The summed E-state index contributed by atoms with van der Waals surface area (Å²) in [6, 6.07) is 17.9. The lowest BCUT2D eigenvalue weighted by atomic mass is 10.1. The normalized spacial score (nSPS) is 10.7. The van der Waals surface area contributed by atoms with Crippen molar-refractivity contribution in [3.8, 4) is 17.2 Å². The Balaban J connectivity index is 1.47. The Bertz CT molecular complexity index is 1250. The number of aromatic nitrogens is 1. The van der Waals surface area contributed by atoms with Crippen molar-refractivity contribution in [2.24, 2.45) is 0 Å². The molecule has 0 aliphatic heterocycles. The van der Waals surface area contributed by atoms with E-state index in [0.717, 1.165) is 11.1 Å². The maximum Gasteiger partial charge on any atom is 0.257 e. The third-order valence-electron chi connectivity index (χ3n) is 4.63. The van der Waals surface area contributed by atoms with Crippen LogP contribution in [-0.4, -0.2) is 21.1 Å². The van der Waals surface area contributed by atoms with Crippen LogP contribution in [0.1, 0.15) is 21.5 Å². The van der Waals surface area contributed by atoms with E-state index >= 15 is 0 Å². The van der Waals surface area contributed by atoms with Crippen LogP contribution in [0.2, 0.25) is 0 Å². The number of phenolic OH excluding ortho intramolecular Hbond substituents is 1. The molecule has 0 aliphatic rings. The molecule has 0 atom stereocenters. The quantitative estimate of drug-likeness (QED) is 0.409. The molecule has 4 aromatic rings. The van der Waals surface area contributed by atoms with E-state index in [-0.39, 0.29) is 16.8 Å². The van der Waals surface area contributed by atoms with Gasteiger partial charge in [-0.15, -0.1) is 0 Å². The molecule has 0 saturated carbocycles. The van der Waals surface area contributed by atoms with E-state index in [0.29, 0.717) is 33.8 Å². The number of amides is 1. The van der Waals surface area contributed by atoms with Crippen molar-refractivity contribution >= 4 is 40.0 Å². The van der Waals surface area contributed by atoms with Gasteiger partial charge in [0.05, 0.1) is 5.56 Å². The number of anilines is 1. The molecule has 3 aromatic carbocycles. The van der Waals surface area contributed by atoms with Crippen LogP contribution >= 0.6 is 12.2 Å². The van der Waals surface area contributed by atoms with Gasteiger partial charge in [-0.1, -0.05) is 29.8 Å². The smallest absolute Gasteiger partial charge is 0.257 e. The van der Waals surface area contributed by atoms with Crippen LogP contribution in [0.5, 0.6) is 5.75 Å². The third-order valence-corrected chi connectivity index (χ3v) is 4.84. The van der Waals surface area contributed by atoms with Crippen LogP contribution in [0.3, 0.4) is 0 Å². The molecule has 0 radical (unpaired) electrons. The molecule has 0 saturated heterocycles. The van der Waals surface area contributed by atoms with E-state index < -0.39 is 0 Å². The van der Waals surface area contributed by atoms with Crippen LogP contribution in [0.4, 0.5) is 5.69 Å². The predicted molar refractivity (Wildman–Crippen MR) is 121 cm³/mol. The molecule has 3 N–H and O–H groups in total. The van der Waals surface area contributed by atoms with Gasteiger partial charge in [-0.2, -0.15) is 0 Å². The van der Waals surface area contributed by atoms with E-state index in [1.807, 2.05) is 50.2 Å². The van der Waals surface area contributed by atoms with Gasteiger partial charge in [-0.05, 0) is 62.0 Å². The van der Waals surface area contributed by atoms with Gasteiger partial charge in [0.2, 0.25) is 5.89 Å². The number of rotatable bonds is 3. The number of phenols is 1. The van der Waals surface area contributed by atoms with Gasteiger partial charge in [0, 0.05) is 17.3 Å². The number of carbonyl (C=O) groups is 1. The number of fused-ring (bicyclic) bond motifs is 1. The highest BCUT2D eigenvalue weighted by molar-refractivity contribution is 7.80. The highest BCUT2D eigenvalue weighted by Gasteiger charge is 2.14. The zero-order valence-electron chi connectivity index (χ0n) is 16.4. The Morgan fingerprint density at radius 1 is 1.07 bits per heavy atom. The van der Waals surface area contributed by atoms with Crippen LogP contribution in [0, 0.1) is 13.8 Å². The van der Waals surface area contributed by atoms with Crippen molar-refractivity contribution in [2.45, 2.75) is 13.8 Å². The Labute approximate surface area is 178 Å². The summed E-state index contributed by atoms with van der Waals surface area (Å²) in [6.45, 7) is 3.85. The summed E-state index contributed by atoms with van der Waals surface area (Å²) in [4.78, 5) is 16.9. The SMILES string of the molecule is Cc1ccc(C(=O)NC(=S)Nc2ccc(-c3nc4ccccc4o3)c(O)c2)c(C)c1. The van der Waals surface area contributed by atoms with Gasteiger partial charge in [-0.3, -0.25) is 10.1 Å². The molecule has 0 bridgehead atoms. The first-order valence-corrected chi connectivity index (χ1v) is 9.70. The van der Waals surface area contributed by atoms with Crippen LogP contribution in [0.15, 0.2) is 65.1 Å². The highest BCUT2D eigenvalue weighted by atomic mass is 32.1. The molecule has 0 spiro atoms. The lowest BCUT2D eigenvalue weighted by Crippen LogP contribution is -2.34. The van der Waals surface area contributed by atoms with E-state index in [9.17, 15) is 9.90 Å². The topological polar surface area (TPSA) is 87.4 Å².